The third-order valence-electron chi connectivity index (χ3n) is 5.56. The second kappa shape index (κ2) is 10.8. The van der Waals surface area contributed by atoms with Crippen molar-refractivity contribution in [2.75, 3.05) is 32.4 Å². The first-order valence-corrected chi connectivity index (χ1v) is 12.9. The molecule has 0 aliphatic carbocycles. The topological polar surface area (TPSA) is 73.8 Å². The Balaban J connectivity index is 1.48. The monoisotopic (exact) mass is 442 g/mol. The molecule has 1 aliphatic heterocycles. The van der Waals surface area contributed by atoms with Crippen molar-refractivity contribution in [2.45, 2.75) is 44.7 Å². The van der Waals surface area contributed by atoms with Crippen molar-refractivity contribution in [3.05, 3.63) is 64.7 Å². The molecule has 3 rings (SSSR count). The molecule has 168 valence electrons. The lowest BCUT2D eigenvalue weighted by molar-refractivity contribution is 0.251. The van der Waals surface area contributed by atoms with Crippen molar-refractivity contribution in [1.82, 2.24) is 15.5 Å². The summed E-state index contributed by atoms with van der Waals surface area (Å²) in [4.78, 5) is 7.56. The highest BCUT2D eigenvalue weighted by atomic mass is 32.2. The van der Waals surface area contributed by atoms with E-state index < -0.39 is 9.84 Å². The first-order chi connectivity index (χ1) is 14.9. The Hall–Kier alpha value is -2.38. The van der Waals surface area contributed by atoms with Crippen LogP contribution in [-0.2, 0) is 29.3 Å². The summed E-state index contributed by atoms with van der Waals surface area (Å²) >= 11 is 0. The molecule has 0 atom stereocenters. The summed E-state index contributed by atoms with van der Waals surface area (Å²) in [5, 5.41) is 6.70. The van der Waals surface area contributed by atoms with Crippen LogP contribution >= 0.6 is 0 Å². The molecular formula is C24H34N4O2S. The average molecular weight is 443 g/mol. The van der Waals surface area contributed by atoms with E-state index in [2.05, 4.69) is 44.8 Å². The van der Waals surface area contributed by atoms with Gasteiger partial charge in [-0.05, 0) is 55.0 Å². The predicted octanol–water partition coefficient (Wildman–Crippen LogP) is 2.90. The number of aliphatic imine (C=N–C) groups is 1. The Morgan fingerprint density at radius 3 is 2.61 bits per heavy atom. The van der Waals surface area contributed by atoms with E-state index in [1.165, 1.54) is 17.4 Å². The molecule has 0 spiro atoms. The minimum absolute atomic E-state index is 0.380. The van der Waals surface area contributed by atoms with Crippen LogP contribution in [0.25, 0.3) is 0 Å². The van der Waals surface area contributed by atoms with Gasteiger partial charge in [0.2, 0.25) is 0 Å². The molecule has 6 nitrogen and oxygen atoms in total. The Labute approximate surface area is 186 Å². The lowest BCUT2D eigenvalue weighted by atomic mass is 10.00. The fourth-order valence-corrected chi connectivity index (χ4v) is 4.95. The van der Waals surface area contributed by atoms with Crippen molar-refractivity contribution in [1.29, 1.82) is 0 Å². The largest absolute Gasteiger partial charge is 0.357 e. The van der Waals surface area contributed by atoms with Gasteiger partial charge in [0.15, 0.2) is 15.8 Å². The van der Waals surface area contributed by atoms with Crippen LogP contribution in [0.3, 0.4) is 0 Å². The minimum atomic E-state index is -3.20. The highest BCUT2D eigenvalue weighted by Crippen LogP contribution is 2.18. The summed E-state index contributed by atoms with van der Waals surface area (Å²) in [6.45, 7) is 9.24. The van der Waals surface area contributed by atoms with Crippen LogP contribution in [0.5, 0.6) is 0 Å². The summed E-state index contributed by atoms with van der Waals surface area (Å²) in [6, 6.07) is 14.1. The summed E-state index contributed by atoms with van der Waals surface area (Å²) < 4.78 is 23.6. The first-order valence-electron chi connectivity index (χ1n) is 11.0. The number of nitrogens with zero attached hydrogens (tertiary/aromatic N) is 2. The van der Waals surface area contributed by atoms with E-state index in [9.17, 15) is 8.42 Å². The number of hydrogen-bond donors (Lipinski definition) is 2. The molecular weight excluding hydrogens is 408 g/mol. The Morgan fingerprint density at radius 1 is 1.13 bits per heavy atom. The van der Waals surface area contributed by atoms with Crippen molar-refractivity contribution in [3.63, 3.8) is 0 Å². The number of benzene rings is 2. The minimum Gasteiger partial charge on any atom is -0.357 e. The highest BCUT2D eigenvalue weighted by molar-refractivity contribution is 7.90. The molecule has 0 saturated heterocycles. The second-order valence-corrected chi connectivity index (χ2v) is 10.1. The lowest BCUT2D eigenvalue weighted by Crippen LogP contribution is -2.39. The maximum absolute atomic E-state index is 11.8. The SMILES string of the molecule is CCNC(=NCc1ccc(S(C)(=O)=O)c(C)c1)NCCCN1CCc2ccccc2C1. The van der Waals surface area contributed by atoms with Crippen LogP contribution in [0, 0.1) is 6.92 Å². The van der Waals surface area contributed by atoms with Gasteiger partial charge >= 0.3 is 0 Å². The molecule has 0 bridgehead atoms. The van der Waals surface area contributed by atoms with Crippen LogP contribution in [0.15, 0.2) is 52.4 Å². The van der Waals surface area contributed by atoms with E-state index >= 15 is 0 Å². The van der Waals surface area contributed by atoms with Gasteiger partial charge in [-0.25, -0.2) is 13.4 Å². The molecule has 0 amide bonds. The normalized spacial score (nSPS) is 14.9. The van der Waals surface area contributed by atoms with Crippen LogP contribution in [-0.4, -0.2) is 51.7 Å². The summed E-state index contributed by atoms with van der Waals surface area (Å²) in [5.41, 5.74) is 4.69. The predicted molar refractivity (Wildman–Crippen MR) is 127 cm³/mol. The van der Waals surface area contributed by atoms with Gasteiger partial charge in [0.1, 0.15) is 0 Å². The van der Waals surface area contributed by atoms with Gasteiger partial charge in [-0.3, -0.25) is 4.90 Å². The van der Waals surface area contributed by atoms with Gasteiger partial charge in [0.05, 0.1) is 11.4 Å². The summed E-state index contributed by atoms with van der Waals surface area (Å²) in [7, 11) is -3.20. The summed E-state index contributed by atoms with van der Waals surface area (Å²) in [6.07, 6.45) is 3.42. The molecule has 0 saturated carbocycles. The van der Waals surface area contributed by atoms with Crippen LogP contribution in [0.4, 0.5) is 0 Å². The van der Waals surface area contributed by atoms with Crippen molar-refractivity contribution >= 4 is 15.8 Å². The maximum Gasteiger partial charge on any atom is 0.191 e. The maximum atomic E-state index is 11.8. The van der Waals surface area contributed by atoms with Crippen LogP contribution in [0.1, 0.15) is 35.6 Å². The quantitative estimate of drug-likeness (QED) is 0.374. The number of sulfone groups is 1. The van der Waals surface area contributed by atoms with Gasteiger partial charge in [-0.1, -0.05) is 36.4 Å². The molecule has 2 aromatic carbocycles. The Morgan fingerprint density at radius 2 is 1.90 bits per heavy atom. The fourth-order valence-electron chi connectivity index (χ4n) is 3.99. The number of aryl methyl sites for hydroxylation is 1. The molecule has 1 heterocycles. The molecule has 0 aromatic heterocycles. The van der Waals surface area contributed by atoms with Crippen LogP contribution < -0.4 is 10.6 Å². The highest BCUT2D eigenvalue weighted by Gasteiger charge is 2.15. The zero-order valence-electron chi connectivity index (χ0n) is 18.8. The van der Waals surface area contributed by atoms with E-state index in [1.807, 2.05) is 26.0 Å². The second-order valence-electron chi connectivity index (χ2n) is 8.14. The van der Waals surface area contributed by atoms with E-state index in [0.29, 0.717) is 11.4 Å². The molecule has 2 aromatic rings. The van der Waals surface area contributed by atoms with Gasteiger partial charge < -0.3 is 10.6 Å². The molecule has 0 radical (unpaired) electrons. The molecule has 31 heavy (non-hydrogen) atoms. The molecule has 2 N–H and O–H groups in total. The Bertz CT molecular complexity index is 1020. The number of nitrogens with one attached hydrogen (secondary N) is 2. The van der Waals surface area contributed by atoms with Gasteiger partial charge in [0.25, 0.3) is 0 Å². The summed E-state index contributed by atoms with van der Waals surface area (Å²) in [5.74, 6) is 0.788. The Kier molecular flexibility index (Phi) is 8.09. The van der Waals surface area contributed by atoms with E-state index in [1.54, 1.807) is 6.07 Å². The van der Waals surface area contributed by atoms with Gasteiger partial charge in [0, 0.05) is 39.0 Å². The van der Waals surface area contributed by atoms with Gasteiger partial charge in [-0.15, -0.1) is 0 Å². The zero-order valence-corrected chi connectivity index (χ0v) is 19.6. The van der Waals surface area contributed by atoms with E-state index in [-0.39, 0.29) is 0 Å². The molecule has 7 heteroatoms. The molecule has 0 unspecified atom stereocenters. The van der Waals surface area contributed by atoms with E-state index in [0.717, 1.165) is 62.7 Å². The fraction of sp³-hybridized carbons (Fsp3) is 0.458. The van der Waals surface area contributed by atoms with Crippen molar-refractivity contribution < 1.29 is 8.42 Å². The van der Waals surface area contributed by atoms with E-state index in [4.69, 9.17) is 0 Å². The van der Waals surface area contributed by atoms with Gasteiger partial charge in [-0.2, -0.15) is 0 Å². The van der Waals surface area contributed by atoms with Crippen LogP contribution in [0.2, 0.25) is 0 Å². The van der Waals surface area contributed by atoms with Crippen molar-refractivity contribution in [3.8, 4) is 0 Å². The smallest absolute Gasteiger partial charge is 0.191 e. The van der Waals surface area contributed by atoms with Crippen molar-refractivity contribution in [2.24, 2.45) is 4.99 Å². The molecule has 0 fully saturated rings. The molecule has 1 aliphatic rings. The third kappa shape index (κ3) is 6.80. The third-order valence-corrected chi connectivity index (χ3v) is 6.81. The number of hydrogen-bond acceptors (Lipinski definition) is 4. The zero-order chi connectivity index (χ0) is 22.3. The number of rotatable bonds is 8. The average Bonchev–Trinajstić information content (AvgIpc) is 2.74. The first kappa shape index (κ1) is 23.3. The number of guanidine groups is 1. The number of fused-ring (bicyclic) bond motifs is 1. The lowest BCUT2D eigenvalue weighted by Gasteiger charge is -2.28. The standard InChI is InChI=1S/C24H34N4O2S/c1-4-25-24(27-17-20-10-11-23(19(2)16-20)31(3,29)30)26-13-7-14-28-15-12-21-8-5-6-9-22(21)18-28/h5-6,8-11,16H,4,7,12-15,17-18H2,1-3H3,(H2,25,26,27).